The zero-order chi connectivity index (χ0) is 45.7. The first-order chi connectivity index (χ1) is 26.7. The molecule has 0 spiro atoms. The van der Waals surface area contributed by atoms with Crippen LogP contribution in [0.2, 0.25) is 0 Å². The Kier molecular flexibility index (Phi) is 43.6. The molecule has 0 aliphatic carbocycles. The number of rotatable bonds is 19. The second-order valence-corrected chi connectivity index (χ2v) is 14.5. The summed E-state index contributed by atoms with van der Waals surface area (Å²) in [5, 5.41) is 27.6. The van der Waals surface area contributed by atoms with E-state index in [0.717, 1.165) is 78.1 Å². The number of hydrogen-bond donors (Lipinski definition) is 3. The van der Waals surface area contributed by atoms with E-state index in [1.54, 1.807) is 23.7 Å². The highest BCUT2D eigenvalue weighted by Crippen LogP contribution is 2.20. The van der Waals surface area contributed by atoms with Gasteiger partial charge in [-0.3, -0.25) is 4.79 Å². The number of hydrogen-bond acceptors (Lipinski definition) is 5. The van der Waals surface area contributed by atoms with Gasteiger partial charge in [-0.25, -0.2) is 0 Å². The molecule has 14 heteroatoms. The summed E-state index contributed by atoms with van der Waals surface area (Å²) in [5.41, 5.74) is 0. The van der Waals surface area contributed by atoms with Crippen LogP contribution in [0.1, 0.15) is 172 Å². The number of carbonyl (C=O) groups excluding carboxylic acids is 1. The molecular formula is C45H71BrF8O5. The number of esters is 1. The quantitative estimate of drug-likeness (QED) is 0.0300. The van der Waals surface area contributed by atoms with Gasteiger partial charge in [-0.1, -0.05) is 122 Å². The molecule has 344 valence electrons. The van der Waals surface area contributed by atoms with E-state index >= 15 is 0 Å². The Balaban J connectivity index is -0.000000219. The van der Waals surface area contributed by atoms with Crippen molar-refractivity contribution in [1.29, 1.82) is 0 Å². The normalized spacial score (nSPS) is 12.9. The highest BCUT2D eigenvalue weighted by Gasteiger charge is 2.21. The van der Waals surface area contributed by atoms with E-state index in [-0.39, 0.29) is 7.43 Å². The molecule has 0 radical (unpaired) electrons. The number of aliphatic hydroxyl groups is 3. The molecular weight excluding hydrogens is 852 g/mol. The van der Waals surface area contributed by atoms with Crippen molar-refractivity contribution in [3.63, 3.8) is 0 Å². The maximum atomic E-state index is 12.4. The Hall–Kier alpha value is -2.75. The third-order valence-electron chi connectivity index (χ3n) is 6.80. The Morgan fingerprint density at radius 2 is 0.932 bits per heavy atom. The summed E-state index contributed by atoms with van der Waals surface area (Å²) < 4.78 is 103. The monoisotopic (exact) mass is 922 g/mol. The zero-order valence-electron chi connectivity index (χ0n) is 35.5. The molecule has 0 aromatic heterocycles. The second-order valence-electron chi connectivity index (χ2n) is 13.5. The lowest BCUT2D eigenvalue weighted by molar-refractivity contribution is -0.144. The summed E-state index contributed by atoms with van der Waals surface area (Å²) in [6.45, 7) is 11.6. The van der Waals surface area contributed by atoms with Gasteiger partial charge < -0.3 is 20.1 Å². The first-order valence-electron chi connectivity index (χ1n) is 19.9. The highest BCUT2D eigenvalue weighted by molar-refractivity contribution is 9.10. The number of halogens is 9. The Morgan fingerprint density at radius 1 is 0.576 bits per heavy atom. The molecule has 0 aromatic carbocycles. The fourth-order valence-corrected chi connectivity index (χ4v) is 4.13. The lowest BCUT2D eigenvalue weighted by atomic mass is 10.1. The van der Waals surface area contributed by atoms with Crippen molar-refractivity contribution in [2.45, 2.75) is 219 Å². The fraction of sp³-hybridized carbons (Fsp3) is 0.756. The molecule has 0 bridgehead atoms. The van der Waals surface area contributed by atoms with Crippen LogP contribution in [0.25, 0.3) is 0 Å². The number of allylic oxidation sites excluding steroid dienone is 2. The van der Waals surface area contributed by atoms with E-state index in [2.05, 4.69) is 46.5 Å². The molecule has 59 heavy (non-hydrogen) atoms. The van der Waals surface area contributed by atoms with Gasteiger partial charge in [0.15, 0.2) is 6.10 Å². The minimum atomic E-state index is -3.23. The summed E-state index contributed by atoms with van der Waals surface area (Å²) in [5.74, 6) is 6.05. The summed E-state index contributed by atoms with van der Waals surface area (Å²) >= 11 is 2.11. The molecule has 0 aliphatic rings. The molecule has 4 unspecified atom stereocenters. The maximum Gasteiger partial charge on any atom is 0.363 e. The van der Waals surface area contributed by atoms with Crippen LogP contribution in [0.3, 0.4) is 0 Å². The van der Waals surface area contributed by atoms with Crippen LogP contribution in [0, 0.1) is 47.4 Å². The van der Waals surface area contributed by atoms with Crippen LogP contribution in [0.4, 0.5) is 35.1 Å². The predicted octanol–water partition coefficient (Wildman–Crippen LogP) is 12.8. The summed E-state index contributed by atoms with van der Waals surface area (Å²) in [6, 6.07) is 0. The third-order valence-corrected chi connectivity index (χ3v) is 7.00. The zero-order valence-corrected chi connectivity index (χ0v) is 37.1. The van der Waals surface area contributed by atoms with Gasteiger partial charge in [0.05, 0.1) is 0 Å². The molecule has 0 heterocycles. The molecule has 0 aromatic rings. The van der Waals surface area contributed by atoms with E-state index in [9.17, 15) is 50.1 Å². The standard InChI is InChI=1S/C12H20F2O.C11H15BrF2O2.C11H16F2O.C10H16F2O.CH4/c1-3-4-5-6-7-8-11(15)9-10-12(2,13)14;1-3-4-5-6-10(16-9(2)15)7-8-11(12,13)14;1-3-4-5-6-7-10(14)8-9-11(2,12)13;1-3-4-5-6-9(13)7-8-10(2,11)12;/h11,15H,3-8H2,1-2H3;10H,3-6H2,1-2H3;4-5,10,14H,3,6-7H2,1-2H3;9,13H,3-6H2,1-2H3;1H4/b;;5-4-;;. The molecule has 0 aliphatic heterocycles. The van der Waals surface area contributed by atoms with E-state index in [1.807, 2.05) is 32.9 Å². The number of ether oxygens (including phenoxy) is 1. The fourth-order valence-electron chi connectivity index (χ4n) is 4.02. The van der Waals surface area contributed by atoms with Crippen molar-refractivity contribution in [3.8, 4) is 47.4 Å². The van der Waals surface area contributed by atoms with Crippen LogP contribution in [-0.4, -0.2) is 68.3 Å². The number of aliphatic hydroxyl groups excluding tert-OH is 3. The van der Waals surface area contributed by atoms with Crippen molar-refractivity contribution < 1.29 is 60.0 Å². The van der Waals surface area contributed by atoms with Crippen LogP contribution in [0.15, 0.2) is 12.2 Å². The topological polar surface area (TPSA) is 87.0 Å². The number of carbonyl (C=O) groups is 1. The summed E-state index contributed by atoms with van der Waals surface area (Å²) in [4.78, 5) is 7.50. The average molecular weight is 924 g/mol. The average Bonchev–Trinajstić information content (AvgIpc) is 3.09. The molecule has 5 nitrogen and oxygen atoms in total. The minimum absolute atomic E-state index is 0. The lowest BCUT2D eigenvalue weighted by Gasteiger charge is -2.10. The second kappa shape index (κ2) is 39.4. The summed E-state index contributed by atoms with van der Waals surface area (Å²) in [7, 11) is 0. The molecule has 0 saturated carbocycles. The predicted molar refractivity (Wildman–Crippen MR) is 227 cm³/mol. The van der Waals surface area contributed by atoms with Gasteiger partial charge in [-0.15, -0.1) is 0 Å². The van der Waals surface area contributed by atoms with Crippen molar-refractivity contribution in [1.82, 2.24) is 0 Å². The molecule has 0 fully saturated rings. The highest BCUT2D eigenvalue weighted by atomic mass is 79.9. The lowest BCUT2D eigenvalue weighted by Crippen LogP contribution is -2.15. The molecule has 0 saturated heterocycles. The van der Waals surface area contributed by atoms with Crippen molar-refractivity contribution >= 4 is 21.9 Å². The van der Waals surface area contributed by atoms with Gasteiger partial charge in [-0.2, -0.15) is 35.1 Å². The first kappa shape index (κ1) is 65.4. The van der Waals surface area contributed by atoms with E-state index in [0.29, 0.717) is 39.0 Å². The van der Waals surface area contributed by atoms with Gasteiger partial charge in [0.1, 0.15) is 18.3 Å². The smallest absolute Gasteiger partial charge is 0.363 e. The van der Waals surface area contributed by atoms with Crippen molar-refractivity contribution in [3.05, 3.63) is 12.2 Å². The van der Waals surface area contributed by atoms with E-state index in [1.165, 1.54) is 19.8 Å². The largest absolute Gasteiger partial charge is 0.449 e. The van der Waals surface area contributed by atoms with Gasteiger partial charge >= 0.3 is 28.6 Å². The number of alkyl halides is 9. The van der Waals surface area contributed by atoms with Crippen LogP contribution in [-0.2, 0) is 9.53 Å². The van der Waals surface area contributed by atoms with Gasteiger partial charge in [0.2, 0.25) is 0 Å². The van der Waals surface area contributed by atoms with Crippen molar-refractivity contribution in [2.24, 2.45) is 0 Å². The first-order valence-corrected chi connectivity index (χ1v) is 20.7. The van der Waals surface area contributed by atoms with Gasteiger partial charge in [0, 0.05) is 43.6 Å². The third kappa shape index (κ3) is 67.3. The van der Waals surface area contributed by atoms with Crippen LogP contribution in [0.5, 0.6) is 0 Å². The van der Waals surface area contributed by atoms with Crippen molar-refractivity contribution in [2.75, 3.05) is 0 Å². The molecule has 4 atom stereocenters. The summed E-state index contributed by atoms with van der Waals surface area (Å²) in [6.07, 6.45) is 14.9. The number of unbranched alkanes of at least 4 members (excludes halogenated alkanes) is 8. The van der Waals surface area contributed by atoms with E-state index in [4.69, 9.17) is 9.84 Å². The molecule has 0 rings (SSSR count). The SMILES string of the molecule is C.CC/C=C\CCC(O)C#CC(C)(F)F.CCCCCC(C#CC(F)(F)Br)OC(C)=O.CCCCCC(O)C#CC(C)(F)F.CCCCCCCC(O)C#CC(C)(F)F. The molecule has 0 amide bonds. The van der Waals surface area contributed by atoms with Gasteiger partial charge in [-0.05, 0) is 81.5 Å². The maximum absolute atomic E-state index is 12.4. The van der Waals surface area contributed by atoms with E-state index < -0.39 is 53.0 Å². The van der Waals surface area contributed by atoms with Crippen LogP contribution >= 0.6 is 15.9 Å². The Bertz CT molecular complexity index is 1310. The van der Waals surface area contributed by atoms with Crippen LogP contribution < -0.4 is 0 Å². The Morgan fingerprint density at radius 3 is 1.29 bits per heavy atom. The van der Waals surface area contributed by atoms with Gasteiger partial charge in [0.25, 0.3) is 0 Å². The minimum Gasteiger partial charge on any atom is -0.449 e. The Labute approximate surface area is 359 Å². The molecule has 3 N–H and O–H groups in total.